The number of aliphatic hydroxyl groups is 1. The molecule has 0 aliphatic rings. The maximum Gasteiger partial charge on any atom is 0.243 e. The normalized spacial score (nSPS) is 12.7. The summed E-state index contributed by atoms with van der Waals surface area (Å²) in [5, 5.41) is 9.08. The molecule has 0 aromatic heterocycles. The summed E-state index contributed by atoms with van der Waals surface area (Å²) in [5.41, 5.74) is -0.380. The van der Waals surface area contributed by atoms with Gasteiger partial charge in [-0.05, 0) is 24.0 Å². The lowest BCUT2D eigenvalue weighted by atomic mass is 9.91. The van der Waals surface area contributed by atoms with E-state index in [1.165, 1.54) is 6.07 Å². The van der Waals surface area contributed by atoms with E-state index in [2.05, 4.69) is 4.72 Å². The van der Waals surface area contributed by atoms with Crippen LogP contribution in [0.4, 0.5) is 4.39 Å². The van der Waals surface area contributed by atoms with Crippen LogP contribution in [0.2, 0.25) is 5.02 Å². The maximum atomic E-state index is 14.0. The number of nitrogens with one attached hydrogen (secondary N) is 1. The Balaban J connectivity index is 3.13. The molecule has 0 spiro atoms. The third-order valence-corrected chi connectivity index (χ3v) is 4.86. The molecule has 4 nitrogen and oxygen atoms in total. The summed E-state index contributed by atoms with van der Waals surface area (Å²) < 4.78 is 40.7. The number of hydrogen-bond donors (Lipinski definition) is 2. The highest BCUT2D eigenvalue weighted by Crippen LogP contribution is 2.25. The smallest absolute Gasteiger partial charge is 0.243 e. The van der Waals surface area contributed by atoms with Crippen LogP contribution < -0.4 is 4.72 Å². The molecule has 2 N–H and O–H groups in total. The summed E-state index contributed by atoms with van der Waals surface area (Å²) in [7, 11) is -4.01. The summed E-state index contributed by atoms with van der Waals surface area (Å²) in [6.07, 6.45) is 0.773. The zero-order valence-corrected chi connectivity index (χ0v) is 13.3. The second-order valence-corrected chi connectivity index (χ2v) is 7.55. The van der Waals surface area contributed by atoms with Gasteiger partial charge in [0.25, 0.3) is 0 Å². The van der Waals surface area contributed by atoms with Crippen LogP contribution in [-0.2, 0) is 16.6 Å². The van der Waals surface area contributed by atoms with Gasteiger partial charge in [-0.1, -0.05) is 32.4 Å². The van der Waals surface area contributed by atoms with Crippen LogP contribution >= 0.6 is 11.6 Å². The molecule has 7 heteroatoms. The molecule has 0 unspecified atom stereocenters. The Kier molecular flexibility index (Phi) is 5.54. The van der Waals surface area contributed by atoms with Crippen LogP contribution in [-0.4, -0.2) is 20.1 Å². The molecular weight excluding hydrogens is 305 g/mol. The first-order chi connectivity index (χ1) is 9.13. The Hall–Kier alpha value is -0.690. The van der Waals surface area contributed by atoms with Gasteiger partial charge in [0.05, 0.1) is 6.61 Å². The van der Waals surface area contributed by atoms with Gasteiger partial charge in [-0.15, -0.1) is 0 Å². The van der Waals surface area contributed by atoms with Crippen molar-refractivity contribution in [1.29, 1.82) is 0 Å². The lowest BCUT2D eigenvalue weighted by molar-refractivity contribution is 0.274. The van der Waals surface area contributed by atoms with Gasteiger partial charge in [-0.2, -0.15) is 0 Å². The molecule has 0 bridgehead atoms. The van der Waals surface area contributed by atoms with E-state index in [1.54, 1.807) is 0 Å². The molecule has 0 saturated heterocycles. The van der Waals surface area contributed by atoms with Gasteiger partial charge in [-0.25, -0.2) is 17.5 Å². The molecule has 0 saturated carbocycles. The lowest BCUT2D eigenvalue weighted by Crippen LogP contribution is -2.34. The van der Waals surface area contributed by atoms with E-state index >= 15 is 0 Å². The van der Waals surface area contributed by atoms with Crippen molar-refractivity contribution in [2.45, 2.75) is 38.7 Å². The van der Waals surface area contributed by atoms with Crippen LogP contribution in [0, 0.1) is 11.2 Å². The van der Waals surface area contributed by atoms with E-state index in [-0.39, 0.29) is 22.5 Å². The molecule has 0 aliphatic heterocycles. The second-order valence-electron chi connectivity index (χ2n) is 5.38. The third-order valence-electron chi connectivity index (χ3n) is 3.24. The topological polar surface area (TPSA) is 66.4 Å². The maximum absolute atomic E-state index is 14.0. The molecule has 0 heterocycles. The summed E-state index contributed by atoms with van der Waals surface area (Å²) >= 11 is 5.75. The number of halogens is 2. The molecule has 1 aromatic rings. The van der Waals surface area contributed by atoms with Crippen LogP contribution in [0.3, 0.4) is 0 Å². The Morgan fingerprint density at radius 1 is 1.40 bits per heavy atom. The summed E-state index contributed by atoms with van der Waals surface area (Å²) in [6.45, 7) is 5.33. The highest BCUT2D eigenvalue weighted by atomic mass is 35.5. The molecule has 20 heavy (non-hydrogen) atoms. The molecule has 114 valence electrons. The van der Waals surface area contributed by atoms with Gasteiger partial charge in [0, 0.05) is 17.1 Å². The van der Waals surface area contributed by atoms with Gasteiger partial charge in [-0.3, -0.25) is 0 Å². The van der Waals surface area contributed by atoms with E-state index in [0.717, 1.165) is 12.5 Å². The van der Waals surface area contributed by atoms with Crippen molar-refractivity contribution < 1.29 is 17.9 Å². The van der Waals surface area contributed by atoms with Gasteiger partial charge < -0.3 is 5.11 Å². The van der Waals surface area contributed by atoms with Crippen LogP contribution in [0.15, 0.2) is 17.0 Å². The van der Waals surface area contributed by atoms with Crippen molar-refractivity contribution in [3.63, 3.8) is 0 Å². The average molecular weight is 324 g/mol. The van der Waals surface area contributed by atoms with Crippen molar-refractivity contribution in [3.05, 3.63) is 28.5 Å². The van der Waals surface area contributed by atoms with Crippen molar-refractivity contribution in [3.8, 4) is 0 Å². The van der Waals surface area contributed by atoms with Gasteiger partial charge in [0.2, 0.25) is 10.0 Å². The van der Waals surface area contributed by atoms with Crippen LogP contribution in [0.1, 0.15) is 32.8 Å². The predicted octanol–water partition coefficient (Wildman–Crippen LogP) is 2.69. The SMILES string of the molecule is CCC(C)(C)CNS(=O)(=O)c1cc(Cl)cc(CO)c1F. The second kappa shape index (κ2) is 6.39. The van der Waals surface area contributed by atoms with E-state index < -0.39 is 27.3 Å². The minimum absolute atomic E-state index is 0.0607. The molecular formula is C13H19ClFNO3S. The van der Waals surface area contributed by atoms with Crippen LogP contribution in [0.25, 0.3) is 0 Å². The predicted molar refractivity (Wildman–Crippen MR) is 76.6 cm³/mol. The monoisotopic (exact) mass is 323 g/mol. The molecule has 0 fully saturated rings. The zero-order valence-electron chi connectivity index (χ0n) is 11.7. The lowest BCUT2D eigenvalue weighted by Gasteiger charge is -2.23. The summed E-state index contributed by atoms with van der Waals surface area (Å²) in [5.74, 6) is -0.973. The zero-order chi connectivity index (χ0) is 15.6. The Bertz CT molecular complexity index is 588. The Labute approximate surface area is 124 Å². The van der Waals surface area contributed by atoms with E-state index in [9.17, 15) is 12.8 Å². The van der Waals surface area contributed by atoms with Crippen LogP contribution in [0.5, 0.6) is 0 Å². The van der Waals surface area contributed by atoms with Crippen molar-refractivity contribution in [2.75, 3.05) is 6.54 Å². The van der Waals surface area contributed by atoms with Gasteiger partial charge >= 0.3 is 0 Å². The largest absolute Gasteiger partial charge is 0.392 e. The van der Waals surface area contributed by atoms with Gasteiger partial charge in [0.1, 0.15) is 10.7 Å². The fourth-order valence-corrected chi connectivity index (χ4v) is 3.11. The Morgan fingerprint density at radius 3 is 2.50 bits per heavy atom. The third kappa shape index (κ3) is 4.15. The minimum Gasteiger partial charge on any atom is -0.392 e. The first-order valence-corrected chi connectivity index (χ1v) is 8.07. The first kappa shape index (κ1) is 17.4. The van der Waals surface area contributed by atoms with E-state index in [0.29, 0.717) is 0 Å². The fourth-order valence-electron chi connectivity index (χ4n) is 1.42. The number of rotatable bonds is 6. The summed E-state index contributed by atoms with van der Waals surface area (Å²) in [6, 6.07) is 2.24. The number of sulfonamides is 1. The van der Waals surface area contributed by atoms with Crippen molar-refractivity contribution in [1.82, 2.24) is 4.72 Å². The molecule has 1 aromatic carbocycles. The number of hydrogen-bond acceptors (Lipinski definition) is 3. The molecule has 0 radical (unpaired) electrons. The van der Waals surface area contributed by atoms with Crippen molar-refractivity contribution >= 4 is 21.6 Å². The van der Waals surface area contributed by atoms with E-state index in [1.807, 2.05) is 20.8 Å². The number of benzene rings is 1. The molecule has 0 atom stereocenters. The average Bonchev–Trinajstić information content (AvgIpc) is 2.39. The van der Waals surface area contributed by atoms with Crippen molar-refractivity contribution in [2.24, 2.45) is 5.41 Å². The van der Waals surface area contributed by atoms with E-state index in [4.69, 9.17) is 16.7 Å². The van der Waals surface area contributed by atoms with Gasteiger partial charge in [0.15, 0.2) is 0 Å². The standard InChI is InChI=1S/C13H19ClFNO3S/c1-4-13(2,3)8-16-20(18,19)11-6-10(14)5-9(7-17)12(11)15/h5-6,16-17H,4,7-8H2,1-3H3. The number of aliphatic hydroxyl groups excluding tert-OH is 1. The highest BCUT2D eigenvalue weighted by molar-refractivity contribution is 7.89. The highest BCUT2D eigenvalue weighted by Gasteiger charge is 2.25. The molecule has 1 rings (SSSR count). The minimum atomic E-state index is -4.01. The molecule has 0 amide bonds. The quantitative estimate of drug-likeness (QED) is 0.846. The first-order valence-electron chi connectivity index (χ1n) is 6.21. The molecule has 0 aliphatic carbocycles. The Morgan fingerprint density at radius 2 is 2.00 bits per heavy atom. The fraction of sp³-hybridized carbons (Fsp3) is 0.538. The summed E-state index contributed by atoms with van der Waals surface area (Å²) in [4.78, 5) is -0.541.